The van der Waals surface area contributed by atoms with Crippen molar-refractivity contribution in [3.8, 4) is 11.3 Å². The average Bonchev–Trinajstić information content (AvgIpc) is 2.71. The van der Waals surface area contributed by atoms with Crippen LogP contribution in [0.3, 0.4) is 0 Å². The second-order valence-corrected chi connectivity index (χ2v) is 3.63. The molecule has 17 heavy (non-hydrogen) atoms. The van der Waals surface area contributed by atoms with Gasteiger partial charge in [0.25, 0.3) is 0 Å². The van der Waals surface area contributed by atoms with Gasteiger partial charge >= 0.3 is 0 Å². The molecule has 0 unspecified atom stereocenters. The number of fused-ring (bicyclic) bond motifs is 1. The first-order chi connectivity index (χ1) is 8.24. The van der Waals surface area contributed by atoms with E-state index >= 15 is 0 Å². The molecule has 0 saturated heterocycles. The number of benzene rings is 1. The monoisotopic (exact) mass is 229 g/mol. The molecule has 0 amide bonds. The third kappa shape index (κ3) is 1.65. The van der Waals surface area contributed by atoms with Crippen molar-refractivity contribution in [1.82, 2.24) is 15.0 Å². The van der Waals surface area contributed by atoms with E-state index < -0.39 is 5.82 Å². The predicted molar refractivity (Wildman–Crippen MR) is 59.7 cm³/mol. The number of rotatable bonds is 1. The first-order valence-electron chi connectivity index (χ1n) is 5.07. The average molecular weight is 229 g/mol. The summed E-state index contributed by atoms with van der Waals surface area (Å²) >= 11 is 0. The van der Waals surface area contributed by atoms with Crippen LogP contribution in [0.25, 0.3) is 22.4 Å². The molecule has 84 valence electrons. The zero-order valence-electron chi connectivity index (χ0n) is 9.01. The third-order valence-electron chi connectivity index (χ3n) is 2.43. The molecule has 5 heteroatoms. The first-order valence-corrected chi connectivity index (χ1v) is 5.07. The number of hydrogen-bond acceptors (Lipinski definition) is 4. The lowest BCUT2D eigenvalue weighted by Crippen LogP contribution is -1.86. The van der Waals surface area contributed by atoms with Gasteiger partial charge < -0.3 is 4.42 Å². The molecule has 0 saturated carbocycles. The van der Waals surface area contributed by atoms with Crippen LogP contribution in [0, 0.1) is 12.7 Å². The molecule has 2 aromatic heterocycles. The van der Waals surface area contributed by atoms with Crippen molar-refractivity contribution in [2.75, 3.05) is 0 Å². The van der Waals surface area contributed by atoms with E-state index in [1.54, 1.807) is 25.3 Å². The van der Waals surface area contributed by atoms with E-state index in [9.17, 15) is 4.39 Å². The number of halogens is 1. The summed E-state index contributed by atoms with van der Waals surface area (Å²) < 4.78 is 19.1. The van der Waals surface area contributed by atoms with Gasteiger partial charge in [-0.1, -0.05) is 0 Å². The van der Waals surface area contributed by atoms with Gasteiger partial charge in [-0.25, -0.2) is 19.3 Å². The highest BCUT2D eigenvalue weighted by molar-refractivity contribution is 5.79. The highest BCUT2D eigenvalue weighted by Gasteiger charge is 2.11. The van der Waals surface area contributed by atoms with E-state index in [1.807, 2.05) is 0 Å². The predicted octanol–water partition coefficient (Wildman–Crippen LogP) is 2.73. The molecule has 0 spiro atoms. The van der Waals surface area contributed by atoms with Crippen molar-refractivity contribution in [2.24, 2.45) is 0 Å². The Kier molecular flexibility index (Phi) is 2.11. The maximum atomic E-state index is 13.8. The molecule has 3 aromatic rings. The maximum absolute atomic E-state index is 13.8. The zero-order chi connectivity index (χ0) is 11.8. The number of aromatic nitrogens is 3. The Bertz CT molecular complexity index is 679. The van der Waals surface area contributed by atoms with Gasteiger partial charge in [-0.3, -0.25) is 0 Å². The Morgan fingerprint density at radius 3 is 2.94 bits per heavy atom. The van der Waals surface area contributed by atoms with Crippen molar-refractivity contribution in [3.63, 3.8) is 0 Å². The van der Waals surface area contributed by atoms with E-state index in [4.69, 9.17) is 4.42 Å². The Balaban J connectivity index is 2.25. The number of oxazole rings is 1. The third-order valence-corrected chi connectivity index (χ3v) is 2.43. The zero-order valence-corrected chi connectivity index (χ0v) is 9.01. The van der Waals surface area contributed by atoms with Crippen LogP contribution >= 0.6 is 0 Å². The molecule has 0 N–H and O–H groups in total. The second kappa shape index (κ2) is 3.62. The minimum absolute atomic E-state index is 0.250. The van der Waals surface area contributed by atoms with Crippen LogP contribution in [0.5, 0.6) is 0 Å². The van der Waals surface area contributed by atoms with Crippen molar-refractivity contribution < 1.29 is 8.81 Å². The molecular weight excluding hydrogens is 221 g/mol. The van der Waals surface area contributed by atoms with Crippen LogP contribution < -0.4 is 0 Å². The summed E-state index contributed by atoms with van der Waals surface area (Å²) in [7, 11) is 0. The lowest BCUT2D eigenvalue weighted by atomic mass is 10.1. The summed E-state index contributed by atoms with van der Waals surface area (Å²) in [6.07, 6.45) is 3.03. The Morgan fingerprint density at radius 2 is 2.18 bits per heavy atom. The van der Waals surface area contributed by atoms with E-state index in [-0.39, 0.29) is 5.52 Å². The van der Waals surface area contributed by atoms with Gasteiger partial charge in [-0.15, -0.1) is 0 Å². The lowest BCUT2D eigenvalue weighted by Gasteiger charge is -1.99. The summed E-state index contributed by atoms with van der Waals surface area (Å²) in [6, 6.07) is 4.83. The molecule has 0 radical (unpaired) electrons. The Labute approximate surface area is 96.2 Å². The molecule has 2 heterocycles. The largest absolute Gasteiger partial charge is 0.441 e. The molecule has 0 fully saturated rings. The summed E-state index contributed by atoms with van der Waals surface area (Å²) in [4.78, 5) is 11.9. The van der Waals surface area contributed by atoms with Crippen LogP contribution in [0.1, 0.15) is 5.89 Å². The van der Waals surface area contributed by atoms with Crippen LogP contribution in [-0.4, -0.2) is 15.0 Å². The van der Waals surface area contributed by atoms with Crippen LogP contribution in [0.4, 0.5) is 4.39 Å². The van der Waals surface area contributed by atoms with Gasteiger partial charge in [0.15, 0.2) is 17.3 Å². The molecule has 0 aliphatic rings. The Morgan fingerprint density at radius 1 is 1.29 bits per heavy atom. The van der Waals surface area contributed by atoms with Gasteiger partial charge in [0.1, 0.15) is 11.8 Å². The van der Waals surface area contributed by atoms with E-state index in [0.717, 1.165) is 0 Å². The highest BCUT2D eigenvalue weighted by Crippen LogP contribution is 2.25. The molecule has 0 aliphatic carbocycles. The molecular formula is C12H8FN3O. The topological polar surface area (TPSA) is 51.8 Å². The van der Waals surface area contributed by atoms with Crippen LogP contribution in [0.2, 0.25) is 0 Å². The molecule has 4 nitrogen and oxygen atoms in total. The van der Waals surface area contributed by atoms with Gasteiger partial charge in [0, 0.05) is 18.7 Å². The van der Waals surface area contributed by atoms with E-state index in [2.05, 4.69) is 15.0 Å². The molecule has 0 bridgehead atoms. The smallest absolute Gasteiger partial charge is 0.192 e. The van der Waals surface area contributed by atoms with Gasteiger partial charge in [-0.05, 0) is 18.2 Å². The fourth-order valence-corrected chi connectivity index (χ4v) is 1.71. The van der Waals surface area contributed by atoms with Crippen molar-refractivity contribution in [3.05, 3.63) is 42.4 Å². The van der Waals surface area contributed by atoms with Crippen LogP contribution in [-0.2, 0) is 0 Å². The standard InChI is InChI=1S/C12H8FN3O/c1-7-16-12-9(13)4-8(5-11(12)17-7)10-2-3-14-6-15-10/h2-6H,1H3. The SMILES string of the molecule is Cc1nc2c(F)cc(-c3ccncn3)cc2o1. The number of hydrogen-bond donors (Lipinski definition) is 0. The molecule has 1 aromatic carbocycles. The fraction of sp³-hybridized carbons (Fsp3) is 0.0833. The van der Waals surface area contributed by atoms with Gasteiger partial charge in [0.2, 0.25) is 0 Å². The summed E-state index contributed by atoms with van der Waals surface area (Å²) in [5, 5.41) is 0. The normalized spacial score (nSPS) is 10.9. The minimum atomic E-state index is -0.409. The van der Waals surface area contributed by atoms with Crippen molar-refractivity contribution >= 4 is 11.1 Å². The molecule has 0 aliphatic heterocycles. The molecule has 0 atom stereocenters. The minimum Gasteiger partial charge on any atom is -0.441 e. The van der Waals surface area contributed by atoms with Crippen molar-refractivity contribution in [2.45, 2.75) is 6.92 Å². The summed E-state index contributed by atoms with van der Waals surface area (Å²) in [5.41, 5.74) is 1.97. The quantitative estimate of drug-likeness (QED) is 0.643. The van der Waals surface area contributed by atoms with E-state index in [0.29, 0.717) is 22.7 Å². The number of nitrogens with zero attached hydrogens (tertiary/aromatic N) is 3. The number of aryl methyl sites for hydroxylation is 1. The first kappa shape index (κ1) is 9.89. The maximum Gasteiger partial charge on any atom is 0.192 e. The van der Waals surface area contributed by atoms with Crippen LogP contribution in [0.15, 0.2) is 35.1 Å². The summed E-state index contributed by atoms with van der Waals surface area (Å²) in [5.74, 6) is 0.0340. The fourth-order valence-electron chi connectivity index (χ4n) is 1.71. The Hall–Kier alpha value is -2.30. The highest BCUT2D eigenvalue weighted by atomic mass is 19.1. The summed E-state index contributed by atoms with van der Waals surface area (Å²) in [6.45, 7) is 1.68. The van der Waals surface area contributed by atoms with E-state index in [1.165, 1.54) is 12.4 Å². The second-order valence-electron chi connectivity index (χ2n) is 3.63. The van der Waals surface area contributed by atoms with Crippen molar-refractivity contribution in [1.29, 1.82) is 0 Å². The lowest BCUT2D eigenvalue weighted by molar-refractivity contribution is 0.561. The molecule has 3 rings (SSSR count). The van der Waals surface area contributed by atoms with Gasteiger partial charge in [-0.2, -0.15) is 0 Å². The van der Waals surface area contributed by atoms with Gasteiger partial charge in [0.05, 0.1) is 5.69 Å².